The number of benzene rings is 1. The van der Waals surface area contributed by atoms with E-state index in [1.54, 1.807) is 6.07 Å². The van der Waals surface area contributed by atoms with Gasteiger partial charge in [-0.1, -0.05) is 27.7 Å². The van der Waals surface area contributed by atoms with E-state index in [9.17, 15) is 18.0 Å². The Kier molecular flexibility index (Phi) is 5.18. The minimum absolute atomic E-state index is 0.00961. The number of halogens is 3. The molecule has 1 aliphatic rings. The number of nitrogens with one attached hydrogen (secondary N) is 1. The summed E-state index contributed by atoms with van der Waals surface area (Å²) in [6, 6.07) is 4.48. The Balaban J connectivity index is 1.82. The van der Waals surface area contributed by atoms with Crippen LogP contribution in [0.4, 0.5) is 13.2 Å². The van der Waals surface area contributed by atoms with E-state index in [0.717, 1.165) is 12.1 Å². The molecule has 0 aliphatic heterocycles. The van der Waals surface area contributed by atoms with E-state index in [0.29, 0.717) is 0 Å². The molecule has 2 aromatic rings. The van der Waals surface area contributed by atoms with E-state index in [2.05, 4.69) is 20.5 Å². The molecule has 0 radical (unpaired) electrons. The maximum Gasteiger partial charge on any atom is 0.417 e. The second-order valence-corrected chi connectivity index (χ2v) is 8.36. The van der Waals surface area contributed by atoms with Crippen molar-refractivity contribution in [2.75, 3.05) is 0 Å². The molecule has 0 spiro atoms. The van der Waals surface area contributed by atoms with Gasteiger partial charge in [-0.3, -0.25) is 4.79 Å². The van der Waals surface area contributed by atoms with Gasteiger partial charge in [0.2, 0.25) is 0 Å². The molecular formula is C20H20F3N5O2. The molecule has 0 unspecified atom stereocenters. The lowest BCUT2D eigenvalue weighted by atomic mass is 9.49. The molecule has 1 aromatic carbocycles. The molecule has 1 saturated carbocycles. The molecule has 0 atom stereocenters. The van der Waals surface area contributed by atoms with Gasteiger partial charge in [-0.05, 0) is 18.2 Å². The number of aromatic nitrogens is 3. The van der Waals surface area contributed by atoms with Crippen molar-refractivity contribution in [3.8, 4) is 11.8 Å². The van der Waals surface area contributed by atoms with Gasteiger partial charge in [-0.2, -0.15) is 18.4 Å². The molecule has 1 N–H and O–H groups in total. The minimum atomic E-state index is -4.67. The van der Waals surface area contributed by atoms with Crippen molar-refractivity contribution in [3.63, 3.8) is 0 Å². The van der Waals surface area contributed by atoms with Crippen molar-refractivity contribution in [1.29, 1.82) is 5.26 Å². The summed E-state index contributed by atoms with van der Waals surface area (Å²) < 4.78 is 45.7. The van der Waals surface area contributed by atoms with Crippen LogP contribution in [-0.2, 0) is 6.18 Å². The average Bonchev–Trinajstić information content (AvgIpc) is 2.69. The zero-order valence-electron chi connectivity index (χ0n) is 16.8. The summed E-state index contributed by atoms with van der Waals surface area (Å²) in [4.78, 5) is 16.2. The largest absolute Gasteiger partial charge is 0.489 e. The summed E-state index contributed by atoms with van der Waals surface area (Å²) in [6.45, 7) is 7.43. The summed E-state index contributed by atoms with van der Waals surface area (Å²) in [6.07, 6.45) is -2.66. The number of rotatable bonds is 4. The maximum absolute atomic E-state index is 13.2. The van der Waals surface area contributed by atoms with Gasteiger partial charge < -0.3 is 10.1 Å². The topological polar surface area (TPSA) is 101 Å². The van der Waals surface area contributed by atoms with Crippen LogP contribution in [0.2, 0.25) is 0 Å². The van der Waals surface area contributed by atoms with Crippen LogP contribution >= 0.6 is 0 Å². The number of carbonyl (C=O) groups excluding carboxylic acids is 1. The van der Waals surface area contributed by atoms with Gasteiger partial charge in [0.15, 0.2) is 5.69 Å². The first-order chi connectivity index (χ1) is 13.9. The van der Waals surface area contributed by atoms with E-state index < -0.39 is 40.1 Å². The first-order valence-corrected chi connectivity index (χ1v) is 9.10. The highest BCUT2D eigenvalue weighted by Crippen LogP contribution is 2.55. The number of amides is 1. The van der Waals surface area contributed by atoms with Gasteiger partial charge in [-0.25, -0.2) is 4.98 Å². The van der Waals surface area contributed by atoms with Gasteiger partial charge >= 0.3 is 6.18 Å². The highest BCUT2D eigenvalue weighted by Gasteiger charge is 2.64. The summed E-state index contributed by atoms with van der Waals surface area (Å²) in [5.74, 6) is -0.437. The second-order valence-electron chi connectivity index (χ2n) is 8.36. The molecule has 0 bridgehead atoms. The molecule has 158 valence electrons. The molecule has 1 fully saturated rings. The van der Waals surface area contributed by atoms with E-state index >= 15 is 0 Å². The lowest BCUT2D eigenvalue weighted by Gasteiger charge is -2.63. The van der Waals surface area contributed by atoms with Crippen molar-refractivity contribution in [2.24, 2.45) is 10.8 Å². The Bertz CT molecular complexity index is 984. The number of alkyl halides is 3. The molecule has 3 rings (SSSR count). The fourth-order valence-corrected chi connectivity index (χ4v) is 4.42. The van der Waals surface area contributed by atoms with Gasteiger partial charge in [0.1, 0.15) is 18.2 Å². The molecular weight excluding hydrogens is 399 g/mol. The van der Waals surface area contributed by atoms with Gasteiger partial charge in [0.25, 0.3) is 5.91 Å². The van der Waals surface area contributed by atoms with E-state index in [-0.39, 0.29) is 17.5 Å². The summed E-state index contributed by atoms with van der Waals surface area (Å²) in [7, 11) is 0. The van der Waals surface area contributed by atoms with Crippen LogP contribution < -0.4 is 10.1 Å². The van der Waals surface area contributed by atoms with Crippen LogP contribution in [0.1, 0.15) is 49.3 Å². The number of nitrogens with zero attached hydrogens (tertiary/aromatic N) is 4. The summed E-state index contributed by atoms with van der Waals surface area (Å²) in [5, 5.41) is 19.2. The lowest BCUT2D eigenvalue weighted by Crippen LogP contribution is -2.74. The van der Waals surface area contributed by atoms with Crippen LogP contribution in [0.3, 0.4) is 0 Å². The molecule has 0 saturated heterocycles. The van der Waals surface area contributed by atoms with E-state index in [1.807, 2.05) is 27.7 Å². The van der Waals surface area contributed by atoms with Gasteiger partial charge in [0, 0.05) is 16.9 Å². The Morgan fingerprint density at radius 3 is 2.43 bits per heavy atom. The van der Waals surface area contributed by atoms with Crippen molar-refractivity contribution < 1.29 is 22.7 Å². The number of hydrogen-bond donors (Lipinski definition) is 1. The second kappa shape index (κ2) is 7.23. The first-order valence-electron chi connectivity index (χ1n) is 9.10. The Morgan fingerprint density at radius 2 is 1.90 bits per heavy atom. The van der Waals surface area contributed by atoms with Gasteiger partial charge in [-0.15, -0.1) is 10.2 Å². The summed E-state index contributed by atoms with van der Waals surface area (Å²) >= 11 is 0. The number of ether oxygens (including phenoxy) is 1. The quantitative estimate of drug-likeness (QED) is 0.816. The number of hydrogen-bond acceptors (Lipinski definition) is 6. The van der Waals surface area contributed by atoms with Crippen LogP contribution in [-0.4, -0.2) is 33.2 Å². The SMILES string of the molecule is CC1(C)[C@H](NC(=O)c2cncnn2)C(C)(C)[C@H]1Oc1ccc(C#N)c(C(F)(F)F)c1. The molecule has 1 aromatic heterocycles. The molecule has 1 aliphatic carbocycles. The van der Waals surface area contributed by atoms with Crippen molar-refractivity contribution in [1.82, 2.24) is 20.5 Å². The molecule has 30 heavy (non-hydrogen) atoms. The summed E-state index contributed by atoms with van der Waals surface area (Å²) in [5.41, 5.74) is -2.64. The van der Waals surface area contributed by atoms with Crippen LogP contribution in [0.25, 0.3) is 0 Å². The zero-order valence-corrected chi connectivity index (χ0v) is 16.8. The monoisotopic (exact) mass is 419 g/mol. The third-order valence-corrected chi connectivity index (χ3v) is 5.50. The predicted octanol–water partition coefficient (Wildman–Crippen LogP) is 3.37. The molecule has 1 amide bonds. The fraction of sp³-hybridized carbons (Fsp3) is 0.450. The highest BCUT2D eigenvalue weighted by atomic mass is 19.4. The number of nitriles is 1. The first kappa shape index (κ1) is 21.5. The minimum Gasteiger partial charge on any atom is -0.489 e. The standard InChI is InChI=1S/C20H20F3N5O2/c1-18(2)16(27-15(29)14-9-25-10-26-28-14)19(3,4)17(18)30-12-6-5-11(8-24)13(7-12)20(21,22)23/h5-7,9-10,16-17H,1-4H3,(H,27,29)/t16-,17-. The van der Waals surface area contributed by atoms with Crippen LogP contribution in [0.15, 0.2) is 30.7 Å². The highest BCUT2D eigenvalue weighted by molar-refractivity contribution is 5.92. The molecule has 1 heterocycles. The van der Waals surface area contributed by atoms with Crippen molar-refractivity contribution in [3.05, 3.63) is 47.5 Å². The average molecular weight is 419 g/mol. The Labute approximate surface area is 171 Å². The molecule has 7 nitrogen and oxygen atoms in total. The smallest absolute Gasteiger partial charge is 0.417 e. The fourth-order valence-electron chi connectivity index (χ4n) is 4.42. The van der Waals surface area contributed by atoms with E-state index in [4.69, 9.17) is 10.00 Å². The third-order valence-electron chi connectivity index (χ3n) is 5.50. The van der Waals surface area contributed by atoms with Crippen LogP contribution in [0, 0.1) is 22.2 Å². The van der Waals surface area contributed by atoms with Crippen molar-refractivity contribution >= 4 is 5.91 Å². The van der Waals surface area contributed by atoms with E-state index in [1.165, 1.54) is 18.6 Å². The zero-order chi connectivity index (χ0) is 22.3. The Hall–Kier alpha value is -3.22. The van der Waals surface area contributed by atoms with Crippen molar-refractivity contribution in [2.45, 2.75) is 46.0 Å². The van der Waals surface area contributed by atoms with Gasteiger partial charge in [0.05, 0.1) is 23.4 Å². The Morgan fingerprint density at radius 1 is 1.23 bits per heavy atom. The molecule has 10 heteroatoms. The van der Waals surface area contributed by atoms with Crippen LogP contribution in [0.5, 0.6) is 5.75 Å². The predicted molar refractivity (Wildman–Crippen MR) is 99.2 cm³/mol. The lowest BCUT2D eigenvalue weighted by molar-refractivity contribution is -0.164. The maximum atomic E-state index is 13.2. The normalized spacial score (nSPS) is 21.8. The third kappa shape index (κ3) is 3.67. The number of carbonyl (C=O) groups is 1.